The van der Waals surface area contributed by atoms with Gasteiger partial charge < -0.3 is 14.8 Å². The van der Waals surface area contributed by atoms with Crippen LogP contribution in [0.1, 0.15) is 12.0 Å². The summed E-state index contributed by atoms with van der Waals surface area (Å²) in [5.74, 6) is 0.982. The quantitative estimate of drug-likeness (QED) is 0.900. The number of nitrogens with zero attached hydrogens (tertiary/aromatic N) is 1. The van der Waals surface area contributed by atoms with E-state index in [2.05, 4.69) is 22.3 Å². The van der Waals surface area contributed by atoms with Crippen LogP contribution in [0, 0.1) is 5.92 Å². The highest BCUT2D eigenvalue weighted by atomic mass is 16.5. The van der Waals surface area contributed by atoms with Crippen LogP contribution in [-0.2, 0) is 16.1 Å². The minimum absolute atomic E-state index is 0.000803. The van der Waals surface area contributed by atoms with Crippen molar-refractivity contribution in [2.24, 2.45) is 5.92 Å². The molecule has 2 aliphatic rings. The molecule has 2 bridgehead atoms. The largest absolute Gasteiger partial charge is 0.497 e. The van der Waals surface area contributed by atoms with Crippen LogP contribution in [0.2, 0.25) is 0 Å². The average molecular weight is 290 g/mol. The number of carbonyl (C=O) groups excluding carboxylic acids is 1. The van der Waals surface area contributed by atoms with Gasteiger partial charge in [-0.15, -0.1) is 0 Å². The van der Waals surface area contributed by atoms with Crippen LogP contribution in [0.3, 0.4) is 0 Å². The maximum atomic E-state index is 11.9. The molecule has 1 aromatic rings. The lowest BCUT2D eigenvalue weighted by molar-refractivity contribution is -0.127. The molecule has 1 amide bonds. The maximum absolute atomic E-state index is 11.9. The molecule has 0 saturated carbocycles. The first kappa shape index (κ1) is 14.4. The molecule has 0 radical (unpaired) electrons. The number of rotatable bonds is 4. The van der Waals surface area contributed by atoms with Crippen LogP contribution in [0.25, 0.3) is 0 Å². The lowest BCUT2D eigenvalue weighted by Crippen LogP contribution is -2.44. The number of methoxy groups -OCH3 is 1. The molecule has 2 saturated heterocycles. The topological polar surface area (TPSA) is 50.8 Å². The predicted molar refractivity (Wildman–Crippen MR) is 79.1 cm³/mol. The molecule has 21 heavy (non-hydrogen) atoms. The second kappa shape index (κ2) is 6.03. The molecule has 0 spiro atoms. The Labute approximate surface area is 125 Å². The van der Waals surface area contributed by atoms with Crippen LogP contribution in [0.5, 0.6) is 5.75 Å². The molecule has 0 aromatic heterocycles. The molecular formula is C16H22N2O3. The SMILES string of the molecule is CNC(=O)[C@@H]1C[C@H]2CN(Cc3ccc(OC)cc3)C[C@@H]1O2. The molecule has 3 atom stereocenters. The average Bonchev–Trinajstić information content (AvgIpc) is 2.82. The Kier molecular flexibility index (Phi) is 4.12. The smallest absolute Gasteiger partial charge is 0.225 e. The Morgan fingerprint density at radius 3 is 2.81 bits per heavy atom. The van der Waals surface area contributed by atoms with Crippen LogP contribution in [-0.4, -0.2) is 50.3 Å². The number of fused-ring (bicyclic) bond motifs is 2. The van der Waals surface area contributed by atoms with Gasteiger partial charge in [-0.2, -0.15) is 0 Å². The second-order valence-corrected chi connectivity index (χ2v) is 5.80. The summed E-state index contributed by atoms with van der Waals surface area (Å²) < 4.78 is 11.1. The van der Waals surface area contributed by atoms with Crippen molar-refractivity contribution in [1.82, 2.24) is 10.2 Å². The van der Waals surface area contributed by atoms with Crippen LogP contribution in [0.4, 0.5) is 0 Å². The summed E-state index contributed by atoms with van der Waals surface area (Å²) in [4.78, 5) is 14.2. The fourth-order valence-corrected chi connectivity index (χ4v) is 3.32. The van der Waals surface area contributed by atoms with Crippen molar-refractivity contribution in [2.45, 2.75) is 25.2 Å². The number of nitrogens with one attached hydrogen (secondary N) is 1. The van der Waals surface area contributed by atoms with E-state index in [0.29, 0.717) is 0 Å². The molecule has 5 nitrogen and oxygen atoms in total. The van der Waals surface area contributed by atoms with Gasteiger partial charge in [0.25, 0.3) is 0 Å². The molecule has 0 unspecified atom stereocenters. The minimum Gasteiger partial charge on any atom is -0.497 e. The van der Waals surface area contributed by atoms with Gasteiger partial charge in [0, 0.05) is 26.7 Å². The normalized spacial score (nSPS) is 28.4. The van der Waals surface area contributed by atoms with E-state index in [1.807, 2.05) is 12.1 Å². The summed E-state index contributed by atoms with van der Waals surface area (Å²) in [7, 11) is 3.37. The number of benzene rings is 1. The highest BCUT2D eigenvalue weighted by Gasteiger charge is 2.44. The third-order valence-electron chi connectivity index (χ3n) is 4.38. The van der Waals surface area contributed by atoms with E-state index in [1.165, 1.54) is 5.56 Å². The molecule has 1 N–H and O–H groups in total. The van der Waals surface area contributed by atoms with Gasteiger partial charge in [0.2, 0.25) is 5.91 Å². The summed E-state index contributed by atoms with van der Waals surface area (Å²) in [5.41, 5.74) is 1.26. The molecule has 1 aromatic carbocycles. The Morgan fingerprint density at radius 2 is 2.14 bits per heavy atom. The van der Waals surface area contributed by atoms with Crippen LogP contribution < -0.4 is 10.1 Å². The van der Waals surface area contributed by atoms with Gasteiger partial charge in [-0.3, -0.25) is 9.69 Å². The molecule has 2 heterocycles. The molecular weight excluding hydrogens is 268 g/mol. The van der Waals surface area contributed by atoms with Crippen molar-refractivity contribution < 1.29 is 14.3 Å². The van der Waals surface area contributed by atoms with Crippen molar-refractivity contribution in [3.63, 3.8) is 0 Å². The van der Waals surface area contributed by atoms with E-state index >= 15 is 0 Å². The summed E-state index contributed by atoms with van der Waals surface area (Å²) in [6.45, 7) is 2.61. The van der Waals surface area contributed by atoms with E-state index in [4.69, 9.17) is 9.47 Å². The Morgan fingerprint density at radius 1 is 1.38 bits per heavy atom. The number of amides is 1. The summed E-state index contributed by atoms with van der Waals surface area (Å²) in [5, 5.41) is 2.75. The third kappa shape index (κ3) is 3.04. The van der Waals surface area contributed by atoms with E-state index < -0.39 is 0 Å². The van der Waals surface area contributed by atoms with Gasteiger partial charge in [-0.25, -0.2) is 0 Å². The first-order valence-electron chi connectivity index (χ1n) is 7.42. The number of hydrogen-bond acceptors (Lipinski definition) is 4. The third-order valence-corrected chi connectivity index (χ3v) is 4.38. The van der Waals surface area contributed by atoms with Crippen molar-refractivity contribution in [1.29, 1.82) is 0 Å². The number of morpholine rings is 1. The van der Waals surface area contributed by atoms with Crippen molar-refractivity contribution >= 4 is 5.91 Å². The van der Waals surface area contributed by atoms with Crippen molar-refractivity contribution in [3.8, 4) is 5.75 Å². The highest BCUT2D eigenvalue weighted by molar-refractivity contribution is 5.79. The first-order valence-corrected chi connectivity index (χ1v) is 7.42. The fraction of sp³-hybridized carbons (Fsp3) is 0.562. The van der Waals surface area contributed by atoms with E-state index in [1.54, 1.807) is 14.2 Å². The number of hydrogen-bond donors (Lipinski definition) is 1. The highest BCUT2D eigenvalue weighted by Crippen LogP contribution is 2.32. The number of ether oxygens (including phenoxy) is 2. The second-order valence-electron chi connectivity index (χ2n) is 5.80. The van der Waals surface area contributed by atoms with Gasteiger partial charge in [0.15, 0.2) is 0 Å². The van der Waals surface area contributed by atoms with Gasteiger partial charge in [-0.05, 0) is 24.1 Å². The lowest BCUT2D eigenvalue weighted by atomic mass is 10.00. The van der Waals surface area contributed by atoms with E-state index in [0.717, 1.165) is 31.8 Å². The Bertz CT molecular complexity index is 503. The zero-order valence-corrected chi connectivity index (χ0v) is 12.5. The van der Waals surface area contributed by atoms with Gasteiger partial charge in [0.1, 0.15) is 5.75 Å². The van der Waals surface area contributed by atoms with Crippen LogP contribution in [0.15, 0.2) is 24.3 Å². The van der Waals surface area contributed by atoms with Gasteiger partial charge in [-0.1, -0.05) is 12.1 Å². The number of carbonyl (C=O) groups is 1. The standard InChI is InChI=1S/C16H22N2O3/c1-17-16(19)14-7-13-9-18(10-15(14)21-13)8-11-3-5-12(20-2)6-4-11/h3-6,13-15H,7-10H2,1-2H3,(H,17,19)/t13-,14+,15-/m0/s1. The molecule has 2 aliphatic heterocycles. The summed E-state index contributed by atoms with van der Waals surface area (Å²) in [6, 6.07) is 8.15. The summed E-state index contributed by atoms with van der Waals surface area (Å²) >= 11 is 0. The zero-order chi connectivity index (χ0) is 14.8. The monoisotopic (exact) mass is 290 g/mol. The van der Waals surface area contributed by atoms with Crippen LogP contribution >= 0.6 is 0 Å². The summed E-state index contributed by atoms with van der Waals surface area (Å²) in [6.07, 6.45) is 1.05. The van der Waals surface area contributed by atoms with Gasteiger partial charge >= 0.3 is 0 Å². The zero-order valence-electron chi connectivity index (χ0n) is 12.5. The molecule has 5 heteroatoms. The molecule has 2 fully saturated rings. The van der Waals surface area contributed by atoms with E-state index in [9.17, 15) is 4.79 Å². The fourth-order valence-electron chi connectivity index (χ4n) is 3.32. The van der Waals surface area contributed by atoms with Crippen molar-refractivity contribution in [2.75, 3.05) is 27.2 Å². The lowest BCUT2D eigenvalue weighted by Gasteiger charge is -2.32. The number of likely N-dealkylation sites (tertiary alicyclic amines) is 1. The first-order chi connectivity index (χ1) is 10.2. The minimum atomic E-state index is 0.000803. The molecule has 0 aliphatic carbocycles. The Balaban J connectivity index is 1.62. The molecule has 3 rings (SSSR count). The maximum Gasteiger partial charge on any atom is 0.225 e. The predicted octanol–water partition coefficient (Wildman–Crippen LogP) is 1.03. The van der Waals surface area contributed by atoms with Gasteiger partial charge in [0.05, 0.1) is 25.2 Å². The van der Waals surface area contributed by atoms with Crippen molar-refractivity contribution in [3.05, 3.63) is 29.8 Å². The Hall–Kier alpha value is -1.59. The van der Waals surface area contributed by atoms with E-state index in [-0.39, 0.29) is 24.0 Å². The molecule has 114 valence electrons.